The first-order valence-corrected chi connectivity index (χ1v) is 11.0. The summed E-state index contributed by atoms with van der Waals surface area (Å²) in [6.45, 7) is 7.46. The van der Waals surface area contributed by atoms with Gasteiger partial charge in [-0.3, -0.25) is 4.90 Å². The number of methoxy groups -OCH3 is 1. The van der Waals surface area contributed by atoms with Crippen LogP contribution in [0.3, 0.4) is 0 Å². The van der Waals surface area contributed by atoms with Gasteiger partial charge >= 0.3 is 11.9 Å². The number of ether oxygens (including phenoxy) is 3. The number of rotatable bonds is 7. The van der Waals surface area contributed by atoms with Crippen molar-refractivity contribution in [3.05, 3.63) is 76.3 Å². The molecule has 0 spiro atoms. The van der Waals surface area contributed by atoms with Crippen LogP contribution in [0.25, 0.3) is 0 Å². The molecule has 1 heterocycles. The molecule has 0 amide bonds. The Bertz CT molecular complexity index is 1050. The van der Waals surface area contributed by atoms with Crippen LogP contribution >= 0.6 is 11.6 Å². The van der Waals surface area contributed by atoms with Crippen molar-refractivity contribution in [1.29, 1.82) is 0 Å². The number of hydrogen-bond donors (Lipinski definition) is 0. The van der Waals surface area contributed by atoms with Crippen LogP contribution in [0.1, 0.15) is 27.7 Å². The summed E-state index contributed by atoms with van der Waals surface area (Å²) in [7, 11) is 1.59. The van der Waals surface area contributed by atoms with Crippen LogP contribution < -0.4 is 14.5 Å². The SMILES string of the molecule is CCOC(=O)C1=C(C)N(c2ccc(OC)cc2)C(C)=C(C(=O)OCC)N1c1ccc(Cl)cc1. The lowest BCUT2D eigenvalue weighted by Gasteiger charge is -2.40. The van der Waals surface area contributed by atoms with Crippen molar-refractivity contribution >= 4 is 34.9 Å². The zero-order chi connectivity index (χ0) is 24.1. The molecular weight excluding hydrogens is 444 g/mol. The zero-order valence-electron chi connectivity index (χ0n) is 19.3. The van der Waals surface area contributed by atoms with E-state index in [4.69, 9.17) is 25.8 Å². The first kappa shape index (κ1) is 24.2. The molecule has 1 aliphatic heterocycles. The fourth-order valence-electron chi connectivity index (χ4n) is 3.74. The first-order chi connectivity index (χ1) is 15.8. The maximum atomic E-state index is 13.2. The van der Waals surface area contributed by atoms with E-state index >= 15 is 0 Å². The summed E-state index contributed by atoms with van der Waals surface area (Å²) >= 11 is 6.09. The highest BCUT2D eigenvalue weighted by molar-refractivity contribution is 6.30. The second-order valence-electron chi connectivity index (χ2n) is 7.15. The molecule has 2 aromatic rings. The van der Waals surface area contributed by atoms with Gasteiger partial charge in [-0.15, -0.1) is 0 Å². The highest BCUT2D eigenvalue weighted by atomic mass is 35.5. The van der Waals surface area contributed by atoms with Crippen molar-refractivity contribution in [3.63, 3.8) is 0 Å². The molecule has 0 N–H and O–H groups in total. The standard InChI is InChI=1S/C25H27ClN2O5/c1-6-32-24(29)22-16(3)27(19-12-14-21(31-5)15-13-19)17(4)23(25(30)33-7-2)28(22)20-10-8-18(26)9-11-20/h8-15H,6-7H2,1-5H3. The fourth-order valence-corrected chi connectivity index (χ4v) is 3.87. The predicted molar refractivity (Wildman–Crippen MR) is 128 cm³/mol. The molecule has 1 aliphatic rings. The molecule has 0 unspecified atom stereocenters. The van der Waals surface area contributed by atoms with E-state index in [9.17, 15) is 9.59 Å². The topological polar surface area (TPSA) is 68.3 Å². The molecule has 33 heavy (non-hydrogen) atoms. The lowest BCUT2D eigenvalue weighted by atomic mass is 10.1. The van der Waals surface area contributed by atoms with Crippen LogP contribution in [0.2, 0.25) is 5.02 Å². The molecule has 0 saturated carbocycles. The summed E-state index contributed by atoms with van der Waals surface area (Å²) in [5, 5.41) is 0.535. The lowest BCUT2D eigenvalue weighted by Crippen LogP contribution is -2.42. The van der Waals surface area contributed by atoms with Gasteiger partial charge in [-0.1, -0.05) is 11.6 Å². The molecular formula is C25H27ClN2O5. The molecule has 8 heteroatoms. The number of nitrogens with zero attached hydrogens (tertiary/aromatic N) is 2. The Morgan fingerprint density at radius 3 is 1.61 bits per heavy atom. The van der Waals surface area contributed by atoms with Gasteiger partial charge in [0.25, 0.3) is 0 Å². The Morgan fingerprint density at radius 1 is 0.758 bits per heavy atom. The minimum Gasteiger partial charge on any atom is -0.497 e. The normalized spacial score (nSPS) is 13.9. The van der Waals surface area contributed by atoms with Crippen molar-refractivity contribution in [2.45, 2.75) is 27.7 Å². The summed E-state index contributed by atoms with van der Waals surface area (Å²) in [5.41, 5.74) is 2.95. The second kappa shape index (κ2) is 10.4. The van der Waals surface area contributed by atoms with Crippen LogP contribution in [0.15, 0.2) is 71.3 Å². The Hall–Kier alpha value is -3.45. The van der Waals surface area contributed by atoms with E-state index < -0.39 is 11.9 Å². The van der Waals surface area contributed by atoms with Crippen molar-refractivity contribution < 1.29 is 23.8 Å². The minimum absolute atomic E-state index is 0.185. The molecule has 0 aliphatic carbocycles. The van der Waals surface area contributed by atoms with E-state index in [0.717, 1.165) is 5.69 Å². The number of esters is 2. The number of carbonyl (C=O) groups excluding carboxylic acids is 2. The van der Waals surface area contributed by atoms with E-state index in [-0.39, 0.29) is 24.6 Å². The number of allylic oxidation sites excluding steroid dienone is 2. The third-order valence-corrected chi connectivity index (χ3v) is 5.41. The van der Waals surface area contributed by atoms with Gasteiger partial charge in [-0.25, -0.2) is 9.59 Å². The maximum absolute atomic E-state index is 13.2. The van der Waals surface area contributed by atoms with Crippen molar-refractivity contribution in [1.82, 2.24) is 0 Å². The minimum atomic E-state index is -0.558. The Balaban J connectivity index is 2.29. The number of hydrogen-bond acceptors (Lipinski definition) is 7. The van der Waals surface area contributed by atoms with Gasteiger partial charge in [0, 0.05) is 16.4 Å². The zero-order valence-corrected chi connectivity index (χ0v) is 20.1. The van der Waals surface area contributed by atoms with Crippen LogP contribution in [0, 0.1) is 0 Å². The molecule has 2 aromatic carbocycles. The van der Waals surface area contributed by atoms with E-state index in [2.05, 4.69) is 0 Å². The summed E-state index contributed by atoms with van der Waals surface area (Å²) in [5.74, 6) is -0.423. The highest BCUT2D eigenvalue weighted by Gasteiger charge is 2.39. The van der Waals surface area contributed by atoms with Crippen molar-refractivity contribution in [2.24, 2.45) is 0 Å². The first-order valence-electron chi connectivity index (χ1n) is 10.6. The second-order valence-corrected chi connectivity index (χ2v) is 7.59. The monoisotopic (exact) mass is 470 g/mol. The van der Waals surface area contributed by atoms with E-state index in [1.165, 1.54) is 0 Å². The molecule has 0 aromatic heterocycles. The molecule has 0 radical (unpaired) electrons. The summed E-state index contributed by atoms with van der Waals surface area (Å²) in [4.78, 5) is 29.8. The largest absolute Gasteiger partial charge is 0.497 e. The van der Waals surface area contributed by atoms with Crippen molar-refractivity contribution in [2.75, 3.05) is 30.1 Å². The summed E-state index contributed by atoms with van der Waals surface area (Å²) in [6.07, 6.45) is 0. The lowest BCUT2D eigenvalue weighted by molar-refractivity contribution is -0.139. The van der Waals surface area contributed by atoms with Crippen LogP contribution in [-0.2, 0) is 19.1 Å². The molecule has 0 saturated heterocycles. The van der Waals surface area contributed by atoms with Crippen LogP contribution in [0.5, 0.6) is 5.75 Å². The number of benzene rings is 2. The predicted octanol–water partition coefficient (Wildman–Crippen LogP) is 5.26. The van der Waals surface area contributed by atoms with Crippen LogP contribution in [-0.4, -0.2) is 32.3 Å². The van der Waals surface area contributed by atoms with E-state index in [1.807, 2.05) is 43.0 Å². The third kappa shape index (κ3) is 4.83. The maximum Gasteiger partial charge on any atom is 0.357 e. The highest BCUT2D eigenvalue weighted by Crippen LogP contribution is 2.39. The molecule has 0 atom stereocenters. The molecule has 0 bridgehead atoms. The average molecular weight is 471 g/mol. The van der Waals surface area contributed by atoms with Gasteiger partial charge in [0.1, 0.15) is 5.75 Å². The molecule has 7 nitrogen and oxygen atoms in total. The van der Waals surface area contributed by atoms with Gasteiger partial charge in [-0.2, -0.15) is 0 Å². The summed E-state index contributed by atoms with van der Waals surface area (Å²) < 4.78 is 16.0. The van der Waals surface area contributed by atoms with Gasteiger partial charge in [0.15, 0.2) is 11.4 Å². The number of anilines is 2. The van der Waals surface area contributed by atoms with Crippen LogP contribution in [0.4, 0.5) is 11.4 Å². The van der Waals surface area contributed by atoms with E-state index in [1.54, 1.807) is 50.1 Å². The van der Waals surface area contributed by atoms with Gasteiger partial charge in [0.2, 0.25) is 0 Å². The third-order valence-electron chi connectivity index (χ3n) is 5.16. The average Bonchev–Trinajstić information content (AvgIpc) is 2.80. The molecule has 3 rings (SSSR count). The number of halogens is 1. The Kier molecular flexibility index (Phi) is 7.66. The van der Waals surface area contributed by atoms with Gasteiger partial charge in [0.05, 0.1) is 31.7 Å². The summed E-state index contributed by atoms with van der Waals surface area (Å²) in [6, 6.07) is 14.2. The quantitative estimate of drug-likeness (QED) is 0.511. The smallest absolute Gasteiger partial charge is 0.357 e. The fraction of sp³-hybridized carbons (Fsp3) is 0.280. The number of carbonyl (C=O) groups is 2. The van der Waals surface area contributed by atoms with E-state index in [0.29, 0.717) is 27.9 Å². The van der Waals surface area contributed by atoms with Gasteiger partial charge in [-0.05, 0) is 76.2 Å². The Morgan fingerprint density at radius 2 is 1.18 bits per heavy atom. The molecule has 0 fully saturated rings. The Labute approximate surface area is 198 Å². The molecule has 174 valence electrons. The van der Waals surface area contributed by atoms with Crippen molar-refractivity contribution in [3.8, 4) is 5.75 Å². The van der Waals surface area contributed by atoms with Gasteiger partial charge < -0.3 is 19.1 Å².